The molecular weight excluding hydrogens is 366 g/mol. The van der Waals surface area contributed by atoms with Gasteiger partial charge in [0.25, 0.3) is 0 Å². The van der Waals surface area contributed by atoms with Gasteiger partial charge < -0.3 is 14.8 Å². The predicted octanol–water partition coefficient (Wildman–Crippen LogP) is 4.23. The van der Waals surface area contributed by atoms with Crippen LogP contribution in [0.3, 0.4) is 0 Å². The minimum atomic E-state index is -0.531. The van der Waals surface area contributed by atoms with Crippen LogP contribution in [0.25, 0.3) is 0 Å². The van der Waals surface area contributed by atoms with Gasteiger partial charge in [0.05, 0.1) is 26.2 Å². The Morgan fingerprint density at radius 3 is 2.63 bits per heavy atom. The number of hydrogen-bond donors (Lipinski definition) is 1. The van der Waals surface area contributed by atoms with E-state index >= 15 is 0 Å². The number of rotatable bonds is 9. The highest BCUT2D eigenvalue weighted by Crippen LogP contribution is 2.25. The lowest BCUT2D eigenvalue weighted by atomic mass is 10.0. The number of carbonyl (C=O) groups excluding carboxylic acids is 2. The van der Waals surface area contributed by atoms with Gasteiger partial charge in [0.2, 0.25) is 5.91 Å². The van der Waals surface area contributed by atoms with Crippen LogP contribution in [0.15, 0.2) is 48.5 Å². The van der Waals surface area contributed by atoms with Gasteiger partial charge in [-0.1, -0.05) is 41.9 Å². The maximum Gasteiger partial charge on any atom is 0.307 e. The molecule has 0 aromatic heterocycles. The Labute approximate surface area is 164 Å². The summed E-state index contributed by atoms with van der Waals surface area (Å²) in [6, 6.07) is 14.4. The summed E-state index contributed by atoms with van der Waals surface area (Å²) < 4.78 is 10.4. The smallest absolute Gasteiger partial charge is 0.307 e. The third kappa shape index (κ3) is 6.94. The van der Waals surface area contributed by atoms with Crippen molar-refractivity contribution < 1.29 is 19.1 Å². The first-order valence-corrected chi connectivity index (χ1v) is 9.17. The van der Waals surface area contributed by atoms with Crippen molar-refractivity contribution in [1.29, 1.82) is 0 Å². The van der Waals surface area contributed by atoms with Gasteiger partial charge in [-0.3, -0.25) is 9.59 Å². The lowest BCUT2D eigenvalue weighted by molar-refractivity contribution is -0.141. The van der Waals surface area contributed by atoms with Crippen molar-refractivity contribution >= 4 is 23.5 Å². The SMILES string of the molecule is COC(=O)C[C@@H](NC(=O)CCCOc1cccc(C)c1)c1ccccc1Cl. The van der Waals surface area contributed by atoms with Crippen molar-refractivity contribution in [2.45, 2.75) is 32.2 Å². The van der Waals surface area contributed by atoms with Gasteiger partial charge in [0, 0.05) is 11.4 Å². The van der Waals surface area contributed by atoms with Crippen LogP contribution in [0, 0.1) is 6.92 Å². The Bertz CT molecular complexity index is 778. The fourth-order valence-electron chi connectivity index (χ4n) is 2.64. The second-order valence-electron chi connectivity index (χ2n) is 6.19. The molecule has 0 aliphatic rings. The van der Waals surface area contributed by atoms with E-state index in [0.717, 1.165) is 11.3 Å². The van der Waals surface area contributed by atoms with E-state index in [1.807, 2.05) is 37.3 Å². The number of nitrogens with one attached hydrogen (secondary N) is 1. The molecule has 0 fully saturated rings. The maximum atomic E-state index is 12.3. The van der Waals surface area contributed by atoms with Crippen molar-refractivity contribution in [2.24, 2.45) is 0 Å². The van der Waals surface area contributed by atoms with Crippen LogP contribution in [0.4, 0.5) is 0 Å². The summed E-state index contributed by atoms with van der Waals surface area (Å²) in [4.78, 5) is 24.0. The van der Waals surface area contributed by atoms with Crippen LogP contribution < -0.4 is 10.1 Å². The second kappa shape index (κ2) is 10.6. The third-order valence-electron chi connectivity index (χ3n) is 4.02. The summed E-state index contributed by atoms with van der Waals surface area (Å²) in [6.07, 6.45) is 0.868. The van der Waals surface area contributed by atoms with Gasteiger partial charge in [-0.25, -0.2) is 0 Å². The summed E-state index contributed by atoms with van der Waals surface area (Å²) in [5.41, 5.74) is 1.81. The molecule has 0 saturated heterocycles. The molecule has 2 aromatic rings. The van der Waals surface area contributed by atoms with Crippen molar-refractivity contribution in [2.75, 3.05) is 13.7 Å². The van der Waals surface area contributed by atoms with Gasteiger partial charge in [-0.2, -0.15) is 0 Å². The lowest BCUT2D eigenvalue weighted by Gasteiger charge is -2.19. The number of esters is 1. The lowest BCUT2D eigenvalue weighted by Crippen LogP contribution is -2.30. The Hall–Kier alpha value is -2.53. The molecule has 1 atom stereocenters. The first kappa shape index (κ1) is 20.8. The molecule has 0 saturated carbocycles. The van der Waals surface area contributed by atoms with Gasteiger partial charge in [0.15, 0.2) is 0 Å². The van der Waals surface area contributed by atoms with Crippen molar-refractivity contribution in [3.05, 3.63) is 64.7 Å². The number of amides is 1. The van der Waals surface area contributed by atoms with Crippen LogP contribution >= 0.6 is 11.6 Å². The Morgan fingerprint density at radius 1 is 1.15 bits per heavy atom. The zero-order valence-electron chi connectivity index (χ0n) is 15.5. The molecule has 0 radical (unpaired) electrons. The summed E-state index contributed by atoms with van der Waals surface area (Å²) in [5, 5.41) is 3.36. The monoisotopic (exact) mass is 389 g/mol. The van der Waals surface area contributed by atoms with E-state index in [1.54, 1.807) is 18.2 Å². The predicted molar refractivity (Wildman–Crippen MR) is 105 cm³/mol. The van der Waals surface area contributed by atoms with E-state index in [0.29, 0.717) is 23.6 Å². The highest BCUT2D eigenvalue weighted by Gasteiger charge is 2.20. The van der Waals surface area contributed by atoms with Gasteiger partial charge >= 0.3 is 5.97 Å². The summed E-state index contributed by atoms with van der Waals surface area (Å²) in [5.74, 6) is 0.203. The van der Waals surface area contributed by atoms with E-state index in [-0.39, 0.29) is 18.7 Å². The molecule has 2 aromatic carbocycles. The largest absolute Gasteiger partial charge is 0.494 e. The van der Waals surface area contributed by atoms with Crippen LogP contribution in [0.1, 0.15) is 36.4 Å². The topological polar surface area (TPSA) is 64.6 Å². The first-order valence-electron chi connectivity index (χ1n) is 8.79. The zero-order chi connectivity index (χ0) is 19.6. The number of ether oxygens (including phenoxy) is 2. The molecule has 0 heterocycles. The second-order valence-corrected chi connectivity index (χ2v) is 6.60. The number of aryl methyl sites for hydroxylation is 1. The molecule has 0 spiro atoms. The normalized spacial score (nSPS) is 11.5. The summed E-state index contributed by atoms with van der Waals surface area (Å²) in [6.45, 7) is 2.43. The molecule has 6 heteroatoms. The molecular formula is C21H24ClNO4. The van der Waals surface area contributed by atoms with Gasteiger partial charge in [-0.15, -0.1) is 0 Å². The van der Waals surface area contributed by atoms with E-state index in [4.69, 9.17) is 21.1 Å². The van der Waals surface area contributed by atoms with Crippen molar-refractivity contribution in [1.82, 2.24) is 5.32 Å². The minimum absolute atomic E-state index is 0.0196. The molecule has 1 N–H and O–H groups in total. The number of carbonyl (C=O) groups is 2. The summed E-state index contributed by atoms with van der Waals surface area (Å²) >= 11 is 6.21. The molecule has 0 aliphatic carbocycles. The van der Waals surface area contributed by atoms with Crippen LogP contribution in [-0.2, 0) is 14.3 Å². The van der Waals surface area contributed by atoms with E-state index in [2.05, 4.69) is 5.32 Å². The van der Waals surface area contributed by atoms with Gasteiger partial charge in [0.1, 0.15) is 5.75 Å². The van der Waals surface area contributed by atoms with E-state index in [9.17, 15) is 9.59 Å². The van der Waals surface area contributed by atoms with E-state index in [1.165, 1.54) is 7.11 Å². The average molecular weight is 390 g/mol. The number of methoxy groups -OCH3 is 1. The van der Waals surface area contributed by atoms with Crippen LogP contribution in [0.5, 0.6) is 5.75 Å². The number of hydrogen-bond acceptors (Lipinski definition) is 4. The first-order chi connectivity index (χ1) is 13.0. The Balaban J connectivity index is 1.87. The number of benzene rings is 2. The molecule has 2 rings (SSSR count). The number of halogens is 1. The van der Waals surface area contributed by atoms with Crippen LogP contribution in [-0.4, -0.2) is 25.6 Å². The molecule has 0 bridgehead atoms. The molecule has 1 amide bonds. The van der Waals surface area contributed by atoms with Gasteiger partial charge in [-0.05, 0) is 42.7 Å². The average Bonchev–Trinajstić information content (AvgIpc) is 2.65. The Kier molecular flexibility index (Phi) is 8.14. The fraction of sp³-hybridized carbons (Fsp3) is 0.333. The third-order valence-corrected chi connectivity index (χ3v) is 4.36. The standard InChI is InChI=1S/C21H24ClNO4/c1-15-7-5-8-16(13-15)27-12-6-11-20(24)23-19(14-21(25)26-2)17-9-3-4-10-18(17)22/h3-5,7-10,13,19H,6,11-12,14H2,1-2H3,(H,23,24)/t19-/m1/s1. The molecule has 0 aliphatic heterocycles. The van der Waals surface area contributed by atoms with Crippen molar-refractivity contribution in [3.63, 3.8) is 0 Å². The quantitative estimate of drug-likeness (QED) is 0.515. The fourth-order valence-corrected chi connectivity index (χ4v) is 2.91. The summed E-state index contributed by atoms with van der Waals surface area (Å²) in [7, 11) is 1.32. The van der Waals surface area contributed by atoms with E-state index < -0.39 is 12.0 Å². The molecule has 144 valence electrons. The molecule has 27 heavy (non-hydrogen) atoms. The highest BCUT2D eigenvalue weighted by molar-refractivity contribution is 6.31. The molecule has 5 nitrogen and oxygen atoms in total. The van der Waals surface area contributed by atoms with Crippen LogP contribution in [0.2, 0.25) is 5.02 Å². The maximum absolute atomic E-state index is 12.3. The zero-order valence-corrected chi connectivity index (χ0v) is 16.3. The minimum Gasteiger partial charge on any atom is -0.494 e. The van der Waals surface area contributed by atoms with Crippen molar-refractivity contribution in [3.8, 4) is 5.75 Å². The highest BCUT2D eigenvalue weighted by atomic mass is 35.5. The molecule has 0 unspecified atom stereocenters. The Morgan fingerprint density at radius 2 is 1.93 bits per heavy atom.